The normalized spacial score (nSPS) is 14.9. The maximum absolute atomic E-state index is 11.4. The first-order chi connectivity index (χ1) is 8.86. The Balaban J connectivity index is 2.71. The second kappa shape index (κ2) is 6.94. The molecule has 108 valence electrons. The summed E-state index contributed by atoms with van der Waals surface area (Å²) in [6, 6.07) is 7.45. The van der Waals surface area contributed by atoms with Gasteiger partial charge in [0.2, 0.25) is 0 Å². The van der Waals surface area contributed by atoms with Crippen LogP contribution in [0.15, 0.2) is 29.2 Å². The number of benzene rings is 1. The van der Waals surface area contributed by atoms with Crippen molar-refractivity contribution >= 4 is 15.5 Å². The molecule has 0 amide bonds. The van der Waals surface area contributed by atoms with Crippen molar-refractivity contribution in [3.63, 3.8) is 0 Å². The van der Waals surface area contributed by atoms with Gasteiger partial charge in [0.15, 0.2) is 9.84 Å². The first kappa shape index (κ1) is 16.0. The predicted molar refractivity (Wildman–Crippen MR) is 81.3 cm³/mol. The highest BCUT2D eigenvalue weighted by Crippen LogP contribution is 2.19. The summed E-state index contributed by atoms with van der Waals surface area (Å²) in [5.41, 5.74) is 0.988. The molecule has 1 rings (SSSR count). The molecule has 0 aliphatic rings. The van der Waals surface area contributed by atoms with Gasteiger partial charge in [0.05, 0.1) is 4.90 Å². The van der Waals surface area contributed by atoms with Crippen molar-refractivity contribution in [1.82, 2.24) is 0 Å². The predicted octanol–water partition coefficient (Wildman–Crippen LogP) is 3.72. The van der Waals surface area contributed by atoms with E-state index in [0.29, 0.717) is 16.9 Å². The Kier molecular flexibility index (Phi) is 5.85. The Morgan fingerprint density at radius 1 is 1.11 bits per heavy atom. The highest BCUT2D eigenvalue weighted by Gasteiger charge is 2.11. The molecular formula is C15H25NO2S. The van der Waals surface area contributed by atoms with Gasteiger partial charge in [-0.25, -0.2) is 8.42 Å². The van der Waals surface area contributed by atoms with Crippen LogP contribution in [0, 0.1) is 5.92 Å². The molecule has 4 heteroatoms. The number of hydrogen-bond donors (Lipinski definition) is 1. The minimum Gasteiger partial charge on any atom is -0.382 e. The quantitative estimate of drug-likeness (QED) is 0.829. The van der Waals surface area contributed by atoms with E-state index >= 15 is 0 Å². The Labute approximate surface area is 117 Å². The molecule has 0 aromatic heterocycles. The average Bonchev–Trinajstić information content (AvgIpc) is 2.37. The van der Waals surface area contributed by atoms with Crippen LogP contribution in [0.2, 0.25) is 0 Å². The van der Waals surface area contributed by atoms with Gasteiger partial charge in [0.1, 0.15) is 0 Å². The highest BCUT2D eigenvalue weighted by atomic mass is 32.2. The van der Waals surface area contributed by atoms with Crippen LogP contribution in [0.3, 0.4) is 0 Å². The molecule has 0 heterocycles. The van der Waals surface area contributed by atoms with Crippen LogP contribution >= 0.6 is 0 Å². The standard InChI is InChI=1S/C15H25NO2S/c1-5-12(3)11-13(6-2)16-14-7-9-15(10-8-14)19(4,17)18/h7-10,12-13,16H,5-6,11H2,1-4H3. The highest BCUT2D eigenvalue weighted by molar-refractivity contribution is 7.90. The van der Waals surface area contributed by atoms with Crippen molar-refractivity contribution in [3.05, 3.63) is 24.3 Å². The minimum atomic E-state index is -3.10. The monoisotopic (exact) mass is 283 g/mol. The zero-order valence-corrected chi connectivity index (χ0v) is 13.1. The first-order valence-corrected chi connectivity index (χ1v) is 8.82. The lowest BCUT2D eigenvalue weighted by Crippen LogP contribution is -2.21. The summed E-state index contributed by atoms with van der Waals surface area (Å²) >= 11 is 0. The van der Waals surface area contributed by atoms with Crippen LogP contribution in [0.5, 0.6) is 0 Å². The molecule has 1 aromatic carbocycles. The van der Waals surface area contributed by atoms with Crippen molar-refractivity contribution in [2.75, 3.05) is 11.6 Å². The van der Waals surface area contributed by atoms with E-state index in [9.17, 15) is 8.42 Å². The lowest BCUT2D eigenvalue weighted by Gasteiger charge is -2.21. The molecule has 0 aliphatic carbocycles. The van der Waals surface area contributed by atoms with E-state index in [1.807, 2.05) is 12.1 Å². The lowest BCUT2D eigenvalue weighted by atomic mass is 9.97. The Morgan fingerprint density at radius 3 is 2.11 bits per heavy atom. The van der Waals surface area contributed by atoms with Gasteiger partial charge in [0.25, 0.3) is 0 Å². The summed E-state index contributed by atoms with van der Waals surface area (Å²) in [6.07, 6.45) is 4.62. The van der Waals surface area contributed by atoms with Crippen LogP contribution in [0.25, 0.3) is 0 Å². The summed E-state index contributed by atoms with van der Waals surface area (Å²) in [4.78, 5) is 0.369. The van der Waals surface area contributed by atoms with Gasteiger partial charge in [-0.1, -0.05) is 27.2 Å². The zero-order chi connectivity index (χ0) is 14.5. The fraction of sp³-hybridized carbons (Fsp3) is 0.600. The second-order valence-electron chi connectivity index (χ2n) is 5.30. The summed E-state index contributed by atoms with van der Waals surface area (Å²) < 4.78 is 22.8. The third-order valence-corrected chi connectivity index (χ3v) is 4.66. The number of hydrogen-bond acceptors (Lipinski definition) is 3. The molecule has 0 bridgehead atoms. The molecule has 1 N–H and O–H groups in total. The van der Waals surface area contributed by atoms with Crippen molar-refractivity contribution < 1.29 is 8.42 Å². The van der Waals surface area contributed by atoms with E-state index in [1.165, 1.54) is 12.7 Å². The number of nitrogens with one attached hydrogen (secondary N) is 1. The van der Waals surface area contributed by atoms with E-state index in [1.54, 1.807) is 12.1 Å². The molecule has 19 heavy (non-hydrogen) atoms. The second-order valence-corrected chi connectivity index (χ2v) is 7.31. The van der Waals surface area contributed by atoms with E-state index in [0.717, 1.165) is 18.5 Å². The van der Waals surface area contributed by atoms with Crippen LogP contribution < -0.4 is 5.32 Å². The maximum atomic E-state index is 11.4. The SMILES string of the molecule is CCC(C)CC(CC)Nc1ccc(S(C)(=O)=O)cc1. The van der Waals surface area contributed by atoms with E-state index in [-0.39, 0.29) is 0 Å². The summed E-state index contributed by atoms with van der Waals surface area (Å²) in [5, 5.41) is 3.48. The van der Waals surface area contributed by atoms with Crippen molar-refractivity contribution in [1.29, 1.82) is 0 Å². The van der Waals surface area contributed by atoms with Gasteiger partial charge in [-0.2, -0.15) is 0 Å². The Hall–Kier alpha value is -1.03. The molecule has 0 spiro atoms. The fourth-order valence-electron chi connectivity index (χ4n) is 2.01. The smallest absolute Gasteiger partial charge is 0.175 e. The van der Waals surface area contributed by atoms with Crippen LogP contribution in [-0.4, -0.2) is 20.7 Å². The molecule has 0 saturated carbocycles. The molecule has 0 saturated heterocycles. The van der Waals surface area contributed by atoms with E-state index < -0.39 is 9.84 Å². The lowest BCUT2D eigenvalue weighted by molar-refractivity contribution is 0.462. The fourth-order valence-corrected chi connectivity index (χ4v) is 2.64. The van der Waals surface area contributed by atoms with Crippen molar-refractivity contribution in [2.45, 2.75) is 51.0 Å². The molecule has 2 unspecified atom stereocenters. The van der Waals surface area contributed by atoms with Crippen LogP contribution in [0.1, 0.15) is 40.0 Å². The summed E-state index contributed by atoms with van der Waals surface area (Å²) in [7, 11) is -3.10. The zero-order valence-electron chi connectivity index (χ0n) is 12.3. The molecule has 2 atom stereocenters. The van der Waals surface area contributed by atoms with E-state index in [4.69, 9.17) is 0 Å². The molecule has 0 fully saturated rings. The maximum Gasteiger partial charge on any atom is 0.175 e. The Bertz CT molecular complexity index is 479. The molecular weight excluding hydrogens is 258 g/mol. The number of rotatable bonds is 7. The summed E-state index contributed by atoms with van der Waals surface area (Å²) in [5.74, 6) is 0.702. The van der Waals surface area contributed by atoms with Gasteiger partial charge < -0.3 is 5.32 Å². The van der Waals surface area contributed by atoms with Gasteiger partial charge in [0, 0.05) is 18.0 Å². The van der Waals surface area contributed by atoms with Crippen molar-refractivity contribution in [2.24, 2.45) is 5.92 Å². The van der Waals surface area contributed by atoms with Gasteiger partial charge in [-0.3, -0.25) is 0 Å². The third-order valence-electron chi connectivity index (χ3n) is 3.53. The third kappa shape index (κ3) is 5.23. The Morgan fingerprint density at radius 2 is 1.68 bits per heavy atom. The number of sulfone groups is 1. The minimum absolute atomic E-state index is 0.369. The summed E-state index contributed by atoms with van der Waals surface area (Å²) in [6.45, 7) is 6.64. The van der Waals surface area contributed by atoms with Crippen molar-refractivity contribution in [3.8, 4) is 0 Å². The topological polar surface area (TPSA) is 46.2 Å². The molecule has 1 aromatic rings. The molecule has 0 aliphatic heterocycles. The van der Waals surface area contributed by atoms with Gasteiger partial charge in [-0.15, -0.1) is 0 Å². The first-order valence-electron chi connectivity index (χ1n) is 6.93. The van der Waals surface area contributed by atoms with Crippen LogP contribution in [-0.2, 0) is 9.84 Å². The van der Waals surface area contributed by atoms with Gasteiger partial charge >= 0.3 is 0 Å². The average molecular weight is 283 g/mol. The van der Waals surface area contributed by atoms with Crippen LogP contribution in [0.4, 0.5) is 5.69 Å². The molecule has 0 radical (unpaired) electrons. The van der Waals surface area contributed by atoms with E-state index in [2.05, 4.69) is 26.1 Å². The number of anilines is 1. The molecule has 3 nitrogen and oxygen atoms in total. The largest absolute Gasteiger partial charge is 0.382 e. The van der Waals surface area contributed by atoms with Gasteiger partial charge in [-0.05, 0) is 43.0 Å².